The van der Waals surface area contributed by atoms with Crippen LogP contribution in [0.4, 0.5) is 5.69 Å². The largest absolute Gasteiger partial charge is 0.478 e. The minimum absolute atomic E-state index is 0.137. The highest BCUT2D eigenvalue weighted by atomic mass is 16.4. The van der Waals surface area contributed by atoms with Crippen molar-refractivity contribution in [2.24, 2.45) is 0 Å². The quantitative estimate of drug-likeness (QED) is 0.688. The molecule has 0 fully saturated rings. The molecule has 6 nitrogen and oxygen atoms in total. The predicted octanol–water partition coefficient (Wildman–Crippen LogP) is 4.50. The molecule has 0 atom stereocenters. The number of anilines is 1. The van der Waals surface area contributed by atoms with Crippen LogP contribution in [-0.4, -0.2) is 22.0 Å². The summed E-state index contributed by atoms with van der Waals surface area (Å²) >= 11 is 0. The molecule has 3 rings (SSSR count). The summed E-state index contributed by atoms with van der Waals surface area (Å²) in [6, 6.07) is 15.9. The lowest BCUT2D eigenvalue weighted by Gasteiger charge is -2.15. The Hall–Kier alpha value is -3.98. The van der Waals surface area contributed by atoms with Gasteiger partial charge in [-0.25, -0.2) is 9.78 Å². The van der Waals surface area contributed by atoms with Gasteiger partial charge in [0.05, 0.1) is 22.9 Å². The molecule has 0 saturated heterocycles. The summed E-state index contributed by atoms with van der Waals surface area (Å²) < 4.78 is 0. The van der Waals surface area contributed by atoms with Crippen LogP contribution in [0.15, 0.2) is 48.5 Å². The second-order valence-corrected chi connectivity index (χ2v) is 6.74. The zero-order chi connectivity index (χ0) is 21.1. The summed E-state index contributed by atoms with van der Waals surface area (Å²) in [5.41, 5.74) is 4.59. The number of nitrogens with one attached hydrogen (secondary N) is 1. The van der Waals surface area contributed by atoms with Gasteiger partial charge >= 0.3 is 5.97 Å². The van der Waals surface area contributed by atoms with Crippen molar-refractivity contribution in [2.75, 3.05) is 5.32 Å². The predicted molar refractivity (Wildman–Crippen MR) is 110 cm³/mol. The molecule has 0 bridgehead atoms. The summed E-state index contributed by atoms with van der Waals surface area (Å²) in [7, 11) is 0. The van der Waals surface area contributed by atoms with Crippen LogP contribution in [0.1, 0.15) is 43.1 Å². The molecule has 0 aliphatic rings. The Labute approximate surface area is 168 Å². The first-order valence-corrected chi connectivity index (χ1v) is 8.95. The number of amides is 1. The van der Waals surface area contributed by atoms with Gasteiger partial charge in [-0.2, -0.15) is 5.26 Å². The van der Waals surface area contributed by atoms with Crippen LogP contribution in [0, 0.1) is 32.1 Å². The van der Waals surface area contributed by atoms with E-state index >= 15 is 0 Å². The average molecular weight is 385 g/mol. The van der Waals surface area contributed by atoms with Crippen molar-refractivity contribution in [1.29, 1.82) is 5.26 Å². The SMILES string of the molecule is Cc1ccc(-c2cccc(C#N)c2)nc1C(=O)Nc1c(C)ccc(C(=O)O)c1C. The Morgan fingerprint density at radius 2 is 1.76 bits per heavy atom. The van der Waals surface area contributed by atoms with Crippen LogP contribution in [0.5, 0.6) is 0 Å². The Balaban J connectivity index is 2.00. The maximum absolute atomic E-state index is 13.0. The fourth-order valence-electron chi connectivity index (χ4n) is 3.11. The van der Waals surface area contributed by atoms with E-state index in [0.29, 0.717) is 28.1 Å². The zero-order valence-corrected chi connectivity index (χ0v) is 16.3. The number of carbonyl (C=O) groups is 2. The van der Waals surface area contributed by atoms with Crippen LogP contribution in [0.2, 0.25) is 0 Å². The Kier molecular flexibility index (Phi) is 5.42. The van der Waals surface area contributed by atoms with E-state index in [0.717, 1.165) is 11.1 Å². The van der Waals surface area contributed by atoms with E-state index in [1.165, 1.54) is 6.07 Å². The average Bonchev–Trinajstić information content (AvgIpc) is 2.71. The third-order valence-electron chi connectivity index (χ3n) is 4.74. The normalized spacial score (nSPS) is 10.3. The number of nitriles is 1. The molecule has 1 amide bonds. The molecule has 0 aliphatic heterocycles. The highest BCUT2D eigenvalue weighted by molar-refractivity contribution is 6.06. The maximum Gasteiger partial charge on any atom is 0.336 e. The number of carboxylic acid groups (broad SMARTS) is 1. The van der Waals surface area contributed by atoms with Gasteiger partial charge in [0, 0.05) is 11.3 Å². The molecule has 0 radical (unpaired) electrons. The van der Waals surface area contributed by atoms with Gasteiger partial charge in [0.25, 0.3) is 5.91 Å². The maximum atomic E-state index is 13.0. The van der Waals surface area contributed by atoms with Crippen molar-refractivity contribution >= 4 is 17.6 Å². The minimum Gasteiger partial charge on any atom is -0.478 e. The van der Waals surface area contributed by atoms with Gasteiger partial charge in [-0.05, 0) is 61.7 Å². The van der Waals surface area contributed by atoms with E-state index in [1.54, 1.807) is 57.2 Å². The van der Waals surface area contributed by atoms with Crippen molar-refractivity contribution in [3.8, 4) is 17.3 Å². The van der Waals surface area contributed by atoms with Gasteiger partial charge in [-0.3, -0.25) is 4.79 Å². The lowest BCUT2D eigenvalue weighted by Crippen LogP contribution is -2.18. The first-order chi connectivity index (χ1) is 13.8. The molecule has 0 saturated carbocycles. The van der Waals surface area contributed by atoms with Crippen LogP contribution >= 0.6 is 0 Å². The molecule has 2 aromatic carbocycles. The number of benzene rings is 2. The Morgan fingerprint density at radius 3 is 2.45 bits per heavy atom. The van der Waals surface area contributed by atoms with E-state index in [-0.39, 0.29) is 11.3 Å². The molecule has 2 N–H and O–H groups in total. The van der Waals surface area contributed by atoms with Gasteiger partial charge in [-0.15, -0.1) is 0 Å². The molecule has 144 valence electrons. The first kappa shape index (κ1) is 19.8. The molecule has 0 spiro atoms. The fourth-order valence-corrected chi connectivity index (χ4v) is 3.11. The van der Waals surface area contributed by atoms with Crippen LogP contribution in [0.3, 0.4) is 0 Å². The molecule has 1 aromatic heterocycles. The topological polar surface area (TPSA) is 103 Å². The highest BCUT2D eigenvalue weighted by Crippen LogP contribution is 2.25. The molecule has 3 aromatic rings. The van der Waals surface area contributed by atoms with Crippen molar-refractivity contribution < 1.29 is 14.7 Å². The fraction of sp³-hybridized carbons (Fsp3) is 0.130. The summed E-state index contributed by atoms with van der Waals surface area (Å²) in [5, 5.41) is 21.2. The van der Waals surface area contributed by atoms with Gasteiger partial charge in [0.2, 0.25) is 0 Å². The van der Waals surface area contributed by atoms with E-state index in [9.17, 15) is 14.7 Å². The Morgan fingerprint density at radius 1 is 1.03 bits per heavy atom. The number of rotatable bonds is 4. The number of carbonyl (C=O) groups excluding carboxylic acids is 1. The second kappa shape index (κ2) is 7.95. The molecule has 29 heavy (non-hydrogen) atoms. The third-order valence-corrected chi connectivity index (χ3v) is 4.74. The van der Waals surface area contributed by atoms with Crippen LogP contribution in [-0.2, 0) is 0 Å². The minimum atomic E-state index is -1.05. The molecular weight excluding hydrogens is 366 g/mol. The molecular formula is C23H19N3O3. The van der Waals surface area contributed by atoms with Gasteiger partial charge in [0.15, 0.2) is 0 Å². The van der Waals surface area contributed by atoms with Crippen molar-refractivity contribution in [2.45, 2.75) is 20.8 Å². The number of aromatic nitrogens is 1. The third kappa shape index (κ3) is 3.99. The second-order valence-electron chi connectivity index (χ2n) is 6.74. The lowest BCUT2D eigenvalue weighted by atomic mass is 10.0. The van der Waals surface area contributed by atoms with Crippen LogP contribution < -0.4 is 5.32 Å². The number of nitrogens with zero attached hydrogens (tertiary/aromatic N) is 2. The smallest absolute Gasteiger partial charge is 0.336 e. The van der Waals surface area contributed by atoms with Gasteiger partial charge in [-0.1, -0.05) is 24.3 Å². The standard InChI is InChI=1S/C23H19N3O3/c1-13-7-9-18(23(28)29)15(3)20(13)26-22(27)21-14(2)8-10-19(25-21)17-6-4-5-16(11-17)12-24/h4-11H,1-3H3,(H,26,27)(H,28,29). The first-order valence-electron chi connectivity index (χ1n) is 8.95. The summed E-state index contributed by atoms with van der Waals surface area (Å²) in [4.78, 5) is 28.8. The van der Waals surface area contributed by atoms with Crippen molar-refractivity contribution in [1.82, 2.24) is 4.98 Å². The summed E-state index contributed by atoms with van der Waals surface area (Å²) in [5.74, 6) is -1.47. The number of hydrogen-bond donors (Lipinski definition) is 2. The van der Waals surface area contributed by atoms with Gasteiger partial charge in [0.1, 0.15) is 5.69 Å². The Bertz CT molecular complexity index is 1180. The number of hydrogen-bond acceptors (Lipinski definition) is 4. The molecule has 6 heteroatoms. The van der Waals surface area contributed by atoms with Crippen LogP contribution in [0.25, 0.3) is 11.3 Å². The van der Waals surface area contributed by atoms with E-state index < -0.39 is 11.9 Å². The number of pyridine rings is 1. The summed E-state index contributed by atoms with van der Waals surface area (Å²) in [6.45, 7) is 5.25. The van der Waals surface area contributed by atoms with E-state index in [1.807, 2.05) is 6.07 Å². The highest BCUT2D eigenvalue weighted by Gasteiger charge is 2.18. The monoisotopic (exact) mass is 385 g/mol. The number of aryl methyl sites for hydroxylation is 2. The number of carboxylic acids is 1. The van der Waals surface area contributed by atoms with Gasteiger partial charge < -0.3 is 10.4 Å². The number of aromatic carboxylic acids is 1. The molecule has 0 aliphatic carbocycles. The lowest BCUT2D eigenvalue weighted by molar-refractivity contribution is 0.0695. The van der Waals surface area contributed by atoms with Crippen molar-refractivity contribution in [3.05, 3.63) is 82.0 Å². The molecule has 1 heterocycles. The van der Waals surface area contributed by atoms with E-state index in [2.05, 4.69) is 16.4 Å². The van der Waals surface area contributed by atoms with E-state index in [4.69, 9.17) is 5.26 Å². The zero-order valence-electron chi connectivity index (χ0n) is 16.3. The van der Waals surface area contributed by atoms with Crippen molar-refractivity contribution in [3.63, 3.8) is 0 Å². The molecule has 0 unspecified atom stereocenters. The summed E-state index contributed by atoms with van der Waals surface area (Å²) in [6.07, 6.45) is 0.